The van der Waals surface area contributed by atoms with Crippen LogP contribution in [0.1, 0.15) is 39.1 Å². The van der Waals surface area contributed by atoms with E-state index in [-0.39, 0.29) is 69.1 Å². The predicted octanol–water partition coefficient (Wildman–Crippen LogP) is 17.9. The SMILES string of the molecule is CC(=O)C=C(C)O.CC(=O)C=C(C)O.Cc1ccc2c(n1)oc1c(-c3cc4c(-c5ccccc5)c(-c5ccccc5)sc4cn3)[c-]ccc12.Cc1ccc2c(n1)oc1c(-c3cc4cc(-c5ccc(F)cc5)sc4cn3)[c-]ccc12.[Ir].[Ir]. The first-order chi connectivity index (χ1) is 38.2. The second-order valence-corrected chi connectivity index (χ2v) is 20.8. The molecule has 13 aromatic rings. The van der Waals surface area contributed by atoms with Crippen molar-refractivity contribution in [1.29, 1.82) is 0 Å². The molecule has 0 bridgehead atoms. The molecule has 15 heteroatoms. The molecule has 0 unspecified atom stereocenters. The van der Waals surface area contributed by atoms with E-state index >= 15 is 0 Å². The van der Waals surface area contributed by atoms with Gasteiger partial charge in [0.1, 0.15) is 5.82 Å². The van der Waals surface area contributed by atoms with Gasteiger partial charge in [-0.15, -0.1) is 59.1 Å². The number of hydrogen-bond donors (Lipinski definition) is 2. The number of allylic oxidation sites excluding steroid dienone is 4. The van der Waals surface area contributed by atoms with Gasteiger partial charge in [0, 0.05) is 102 Å². The number of halogens is 1. The maximum atomic E-state index is 13.3. The number of aliphatic hydroxyl groups excluding tert-OH is 2. The van der Waals surface area contributed by atoms with Crippen LogP contribution in [-0.2, 0) is 49.8 Å². The number of carbonyl (C=O) groups excluding carboxylic acids is 2. The van der Waals surface area contributed by atoms with Crippen molar-refractivity contribution < 1.29 is 73.2 Å². The number of aliphatic hydroxyl groups is 2. The number of aromatic nitrogens is 4. The second-order valence-electron chi connectivity index (χ2n) is 18.6. The van der Waals surface area contributed by atoms with Crippen LogP contribution in [0.5, 0.6) is 0 Å². The van der Waals surface area contributed by atoms with Gasteiger partial charge in [0.15, 0.2) is 11.6 Å². The summed E-state index contributed by atoms with van der Waals surface area (Å²) in [4.78, 5) is 41.0. The largest absolute Gasteiger partial charge is 0.512 e. The van der Waals surface area contributed by atoms with Crippen molar-refractivity contribution in [3.05, 3.63) is 217 Å². The second kappa shape index (κ2) is 26.0. The Kier molecular flexibility index (Phi) is 18.9. The molecule has 0 aliphatic heterocycles. The van der Waals surface area contributed by atoms with E-state index in [4.69, 9.17) is 24.0 Å². The standard InChI is InChI=1S/C31H19N2OS.C25H14FN2OS.2C5H8O2.2Ir/c1-19-15-16-23-22-13-8-14-24(29(22)34-31(23)33-19)26-17-25-27(18-32-26)35-30(21-11-6-3-7-12-21)28(25)20-9-4-2-5-10-20;1-14-5-10-19-18-3-2-4-20(24(18)29-25(19)28-14)21-11-16-12-22(30-23(16)13-27-21)15-6-8-17(26)9-7-15;2*1-4(6)3-5(2)7;;/h2-13,15-18H,1H3;2-3,5-13H,1H3;2*3,6H,1-2H3;;/q2*-1;;;;. The zero-order valence-electron chi connectivity index (χ0n) is 44.4. The van der Waals surface area contributed by atoms with E-state index in [2.05, 4.69) is 112 Å². The van der Waals surface area contributed by atoms with Crippen LogP contribution in [-0.4, -0.2) is 41.7 Å². The van der Waals surface area contributed by atoms with Crippen molar-refractivity contribution >= 4 is 98.6 Å². The maximum Gasteiger partial charge on any atom is 0.216 e. The molecule has 0 amide bonds. The minimum atomic E-state index is -0.233. The summed E-state index contributed by atoms with van der Waals surface area (Å²) in [5.74, 6) is -0.358. The molecule has 408 valence electrons. The van der Waals surface area contributed by atoms with Crippen LogP contribution < -0.4 is 0 Å². The molecule has 8 heterocycles. The van der Waals surface area contributed by atoms with Crippen LogP contribution in [0.15, 0.2) is 197 Å². The third-order valence-electron chi connectivity index (χ3n) is 12.4. The van der Waals surface area contributed by atoms with Gasteiger partial charge in [-0.1, -0.05) is 107 Å². The van der Waals surface area contributed by atoms with Crippen LogP contribution in [0.3, 0.4) is 0 Å². The molecular formula is C66H49FIr2N4O6S2-2. The topological polar surface area (TPSA) is 152 Å². The molecule has 5 aromatic carbocycles. The van der Waals surface area contributed by atoms with E-state index in [9.17, 15) is 14.0 Å². The molecule has 0 aliphatic rings. The van der Waals surface area contributed by atoms with Crippen LogP contribution in [0, 0.1) is 31.8 Å². The molecule has 8 aromatic heterocycles. The number of thiophene rings is 2. The fourth-order valence-electron chi connectivity index (χ4n) is 9.06. The Labute approximate surface area is 501 Å². The number of ketones is 2. The number of furan rings is 2. The fourth-order valence-corrected chi connectivity index (χ4v) is 11.3. The number of fused-ring (bicyclic) bond motifs is 8. The molecule has 2 N–H and O–H groups in total. The minimum absolute atomic E-state index is 0. The first-order valence-electron chi connectivity index (χ1n) is 25.0. The zero-order valence-corrected chi connectivity index (χ0v) is 50.8. The van der Waals surface area contributed by atoms with Gasteiger partial charge in [-0.25, -0.2) is 14.4 Å². The first-order valence-corrected chi connectivity index (χ1v) is 26.7. The van der Waals surface area contributed by atoms with E-state index in [0.29, 0.717) is 11.4 Å². The molecule has 0 saturated heterocycles. The van der Waals surface area contributed by atoms with Gasteiger partial charge in [0.2, 0.25) is 11.4 Å². The summed E-state index contributed by atoms with van der Waals surface area (Å²) < 4.78 is 27.8. The van der Waals surface area contributed by atoms with E-state index in [1.807, 2.05) is 68.7 Å². The number of nitrogens with zero attached hydrogens (tertiary/aromatic N) is 4. The summed E-state index contributed by atoms with van der Waals surface area (Å²) in [6, 6.07) is 56.7. The average molecular weight is 1460 g/mol. The molecule has 13 rings (SSSR count). The smallest absolute Gasteiger partial charge is 0.216 e. The average Bonchev–Trinajstić information content (AvgIpc) is 4.27. The van der Waals surface area contributed by atoms with Crippen LogP contribution in [0.4, 0.5) is 4.39 Å². The number of hydrogen-bond acceptors (Lipinski definition) is 12. The van der Waals surface area contributed by atoms with E-state index < -0.39 is 0 Å². The molecule has 0 aliphatic carbocycles. The molecular weight excluding hydrogens is 1410 g/mol. The normalized spacial score (nSPS) is 11.3. The van der Waals surface area contributed by atoms with Crippen molar-refractivity contribution in [3.8, 4) is 54.5 Å². The molecule has 0 atom stereocenters. The number of pyridine rings is 4. The fraction of sp³-hybridized carbons (Fsp3) is 0.0909. The minimum Gasteiger partial charge on any atom is -0.512 e. The van der Waals surface area contributed by atoms with Crippen LogP contribution >= 0.6 is 22.7 Å². The van der Waals surface area contributed by atoms with Crippen molar-refractivity contribution in [2.45, 2.75) is 41.5 Å². The van der Waals surface area contributed by atoms with Gasteiger partial charge in [0.05, 0.1) is 32.1 Å². The first kappa shape index (κ1) is 59.0. The van der Waals surface area contributed by atoms with Crippen molar-refractivity contribution in [2.24, 2.45) is 0 Å². The summed E-state index contributed by atoms with van der Waals surface area (Å²) in [5, 5.41) is 23.0. The Hall–Kier alpha value is -8.13. The molecule has 81 heavy (non-hydrogen) atoms. The Morgan fingerprint density at radius 1 is 0.543 bits per heavy atom. The van der Waals surface area contributed by atoms with Crippen molar-refractivity contribution in [1.82, 2.24) is 19.9 Å². The summed E-state index contributed by atoms with van der Waals surface area (Å²) in [6.07, 6.45) is 6.19. The quantitative estimate of drug-likeness (QED) is 0.0896. The van der Waals surface area contributed by atoms with Crippen LogP contribution in [0.2, 0.25) is 0 Å². The predicted molar refractivity (Wildman–Crippen MR) is 318 cm³/mol. The van der Waals surface area contributed by atoms with Crippen molar-refractivity contribution in [3.63, 3.8) is 0 Å². The van der Waals surface area contributed by atoms with Gasteiger partial charge in [-0.2, -0.15) is 0 Å². The molecule has 0 spiro atoms. The number of rotatable bonds is 7. The Bertz CT molecular complexity index is 4440. The summed E-state index contributed by atoms with van der Waals surface area (Å²) in [6.45, 7) is 9.62. The molecule has 0 saturated carbocycles. The van der Waals surface area contributed by atoms with Gasteiger partial charge in [0.25, 0.3) is 0 Å². The van der Waals surface area contributed by atoms with Gasteiger partial charge in [-0.05, 0) is 123 Å². The van der Waals surface area contributed by atoms with E-state index in [1.165, 1.54) is 78.9 Å². The Morgan fingerprint density at radius 2 is 1.04 bits per heavy atom. The van der Waals surface area contributed by atoms with E-state index in [0.717, 1.165) is 91.8 Å². The molecule has 10 nitrogen and oxygen atoms in total. The maximum absolute atomic E-state index is 13.3. The zero-order chi connectivity index (χ0) is 55.3. The summed E-state index contributed by atoms with van der Waals surface area (Å²) in [7, 11) is 0. The van der Waals surface area contributed by atoms with Crippen molar-refractivity contribution in [2.75, 3.05) is 0 Å². The third-order valence-corrected chi connectivity index (χ3v) is 14.7. The molecule has 2 radical (unpaired) electrons. The summed E-state index contributed by atoms with van der Waals surface area (Å²) >= 11 is 3.42. The summed E-state index contributed by atoms with van der Waals surface area (Å²) in [5.41, 5.74) is 12.6. The number of carbonyl (C=O) groups is 2. The Morgan fingerprint density at radius 3 is 1.53 bits per heavy atom. The van der Waals surface area contributed by atoms with Gasteiger partial charge < -0.3 is 29.0 Å². The van der Waals surface area contributed by atoms with Gasteiger partial charge >= 0.3 is 0 Å². The molecule has 0 fully saturated rings. The monoisotopic (exact) mass is 1460 g/mol. The van der Waals surface area contributed by atoms with Crippen LogP contribution in [0.25, 0.3) is 119 Å². The number of benzene rings is 5. The number of aryl methyl sites for hydroxylation is 2. The Balaban J connectivity index is 0.000000170. The third kappa shape index (κ3) is 13.4. The van der Waals surface area contributed by atoms with E-state index in [1.54, 1.807) is 34.8 Å². The van der Waals surface area contributed by atoms with Gasteiger partial charge in [-0.3, -0.25) is 9.59 Å².